The summed E-state index contributed by atoms with van der Waals surface area (Å²) in [6.45, 7) is 4.09. The van der Waals surface area contributed by atoms with E-state index in [9.17, 15) is 4.79 Å². The zero-order valence-corrected chi connectivity index (χ0v) is 12.7. The predicted molar refractivity (Wildman–Crippen MR) is 82.6 cm³/mol. The lowest BCUT2D eigenvalue weighted by Gasteiger charge is -2.29. The smallest absolute Gasteiger partial charge is 0.349 e. The average Bonchev–Trinajstić information content (AvgIpc) is 2.83. The molecule has 21 heavy (non-hydrogen) atoms. The van der Waals surface area contributed by atoms with E-state index in [0.717, 1.165) is 11.7 Å². The number of rotatable bonds is 4. The second-order valence-electron chi connectivity index (χ2n) is 6.06. The molecule has 1 fully saturated rings. The Hall–Kier alpha value is -1.85. The van der Waals surface area contributed by atoms with Crippen LogP contribution in [-0.2, 0) is 0 Å². The van der Waals surface area contributed by atoms with E-state index < -0.39 is 0 Å². The van der Waals surface area contributed by atoms with Gasteiger partial charge in [0.15, 0.2) is 5.65 Å². The third-order valence-corrected chi connectivity index (χ3v) is 4.47. The highest BCUT2D eigenvalue weighted by Gasteiger charge is 2.21. The minimum Gasteiger partial charge on any atom is -0.367 e. The van der Waals surface area contributed by atoms with Gasteiger partial charge in [-0.1, -0.05) is 19.8 Å². The highest BCUT2D eigenvalue weighted by atomic mass is 16.1. The summed E-state index contributed by atoms with van der Waals surface area (Å²) in [5, 5.41) is 9.98. The van der Waals surface area contributed by atoms with Crippen LogP contribution >= 0.6 is 0 Å². The summed E-state index contributed by atoms with van der Waals surface area (Å²) in [7, 11) is 0. The summed E-state index contributed by atoms with van der Waals surface area (Å²) in [6.07, 6.45) is 7.64. The van der Waals surface area contributed by atoms with Crippen LogP contribution in [0.2, 0.25) is 0 Å². The van der Waals surface area contributed by atoms with Crippen molar-refractivity contribution in [3.8, 4) is 0 Å². The Kier molecular flexibility index (Phi) is 3.94. The molecule has 0 amide bonds. The number of hydrogen-bond acceptors (Lipinski definition) is 4. The van der Waals surface area contributed by atoms with Crippen molar-refractivity contribution in [2.45, 2.75) is 58.4 Å². The molecule has 0 aromatic carbocycles. The van der Waals surface area contributed by atoms with E-state index in [-0.39, 0.29) is 5.69 Å². The van der Waals surface area contributed by atoms with Crippen LogP contribution in [0, 0.1) is 12.8 Å². The summed E-state index contributed by atoms with van der Waals surface area (Å²) >= 11 is 0. The molecule has 0 saturated heterocycles. The van der Waals surface area contributed by atoms with E-state index >= 15 is 0 Å². The number of aromatic nitrogens is 4. The molecule has 2 heterocycles. The number of anilines is 1. The summed E-state index contributed by atoms with van der Waals surface area (Å²) < 4.78 is 1.49. The number of nitrogens with one attached hydrogen (secondary N) is 2. The number of fused-ring (bicyclic) bond motifs is 1. The second-order valence-corrected chi connectivity index (χ2v) is 6.06. The second kappa shape index (κ2) is 5.87. The van der Waals surface area contributed by atoms with E-state index in [2.05, 4.69) is 27.4 Å². The van der Waals surface area contributed by atoms with Crippen molar-refractivity contribution in [3.63, 3.8) is 0 Å². The summed E-state index contributed by atoms with van der Waals surface area (Å²) in [4.78, 5) is 16.1. The Morgan fingerprint density at radius 3 is 2.86 bits per heavy atom. The standard InChI is InChI=1S/C15H23N5O/c1-3-4-11-5-7-12(8-6-11)17-13-9-14-18-19-15(21)20(14)10(2)16-13/h9,11-12,17H,3-8H2,1-2H3,(H,19,21). The molecule has 6 nitrogen and oxygen atoms in total. The molecule has 0 unspecified atom stereocenters. The molecule has 1 aliphatic carbocycles. The molecule has 2 aromatic rings. The van der Waals surface area contributed by atoms with Crippen molar-refractivity contribution >= 4 is 11.5 Å². The lowest BCUT2D eigenvalue weighted by atomic mass is 9.83. The van der Waals surface area contributed by atoms with Crippen LogP contribution in [0.25, 0.3) is 5.65 Å². The van der Waals surface area contributed by atoms with Gasteiger partial charge in [0.05, 0.1) is 0 Å². The van der Waals surface area contributed by atoms with Gasteiger partial charge in [-0.25, -0.2) is 19.3 Å². The summed E-state index contributed by atoms with van der Waals surface area (Å²) in [6, 6.07) is 2.32. The average molecular weight is 289 g/mol. The molecule has 0 aliphatic heterocycles. The predicted octanol–water partition coefficient (Wildman–Crippen LogP) is 2.50. The van der Waals surface area contributed by atoms with Gasteiger partial charge in [-0.15, -0.1) is 0 Å². The van der Waals surface area contributed by atoms with Gasteiger partial charge in [0.25, 0.3) is 0 Å². The maximum absolute atomic E-state index is 11.6. The normalized spacial score (nSPS) is 22.6. The first-order chi connectivity index (χ1) is 10.2. The quantitative estimate of drug-likeness (QED) is 0.906. The molecule has 1 saturated carbocycles. The molecule has 2 aromatic heterocycles. The third kappa shape index (κ3) is 2.94. The molecule has 2 N–H and O–H groups in total. The molecule has 0 spiro atoms. The topological polar surface area (TPSA) is 75.1 Å². The van der Waals surface area contributed by atoms with Crippen LogP contribution in [0.1, 0.15) is 51.3 Å². The lowest BCUT2D eigenvalue weighted by Crippen LogP contribution is -2.27. The highest BCUT2D eigenvalue weighted by molar-refractivity contribution is 5.50. The minimum atomic E-state index is -0.235. The van der Waals surface area contributed by atoms with Crippen molar-refractivity contribution in [1.82, 2.24) is 19.6 Å². The monoisotopic (exact) mass is 289 g/mol. The third-order valence-electron chi connectivity index (χ3n) is 4.47. The fourth-order valence-electron chi connectivity index (χ4n) is 3.38. The lowest BCUT2D eigenvalue weighted by molar-refractivity contribution is 0.318. The van der Waals surface area contributed by atoms with Crippen LogP contribution in [0.5, 0.6) is 0 Å². The van der Waals surface area contributed by atoms with Crippen LogP contribution in [0.3, 0.4) is 0 Å². The SMILES string of the molecule is CCCC1CCC(Nc2cc3n[nH]c(=O)n3c(C)n2)CC1. The van der Waals surface area contributed by atoms with Gasteiger partial charge in [0.1, 0.15) is 11.6 Å². The van der Waals surface area contributed by atoms with Crippen LogP contribution < -0.4 is 11.0 Å². The van der Waals surface area contributed by atoms with Gasteiger partial charge in [-0.3, -0.25) is 0 Å². The first-order valence-corrected chi connectivity index (χ1v) is 7.88. The maximum Gasteiger partial charge on any atom is 0.349 e. The minimum absolute atomic E-state index is 0.235. The molecular weight excluding hydrogens is 266 g/mol. The van der Waals surface area contributed by atoms with Crippen LogP contribution in [-0.4, -0.2) is 25.6 Å². The zero-order chi connectivity index (χ0) is 14.8. The molecule has 0 bridgehead atoms. The van der Waals surface area contributed by atoms with Crippen molar-refractivity contribution in [2.24, 2.45) is 5.92 Å². The molecule has 0 atom stereocenters. The van der Waals surface area contributed by atoms with Crippen molar-refractivity contribution in [1.29, 1.82) is 0 Å². The Morgan fingerprint density at radius 2 is 2.14 bits per heavy atom. The highest BCUT2D eigenvalue weighted by Crippen LogP contribution is 2.29. The van der Waals surface area contributed by atoms with Crippen molar-refractivity contribution < 1.29 is 0 Å². The number of aromatic amines is 1. The zero-order valence-electron chi connectivity index (χ0n) is 12.7. The Labute approximate surface area is 124 Å². The van der Waals surface area contributed by atoms with Crippen LogP contribution in [0.15, 0.2) is 10.9 Å². The first kappa shape index (κ1) is 14.1. The van der Waals surface area contributed by atoms with Gasteiger partial charge < -0.3 is 5.32 Å². The van der Waals surface area contributed by atoms with E-state index in [0.29, 0.717) is 17.5 Å². The molecule has 1 aliphatic rings. The summed E-state index contributed by atoms with van der Waals surface area (Å²) in [5.74, 6) is 2.38. The van der Waals surface area contributed by atoms with Gasteiger partial charge in [0, 0.05) is 12.1 Å². The maximum atomic E-state index is 11.6. The number of nitrogens with zero attached hydrogens (tertiary/aromatic N) is 3. The Morgan fingerprint density at radius 1 is 1.38 bits per heavy atom. The van der Waals surface area contributed by atoms with Gasteiger partial charge in [-0.2, -0.15) is 5.10 Å². The fraction of sp³-hybridized carbons (Fsp3) is 0.667. The molecule has 0 radical (unpaired) electrons. The largest absolute Gasteiger partial charge is 0.367 e. The fourth-order valence-corrected chi connectivity index (χ4v) is 3.38. The summed E-state index contributed by atoms with van der Waals surface area (Å²) in [5.41, 5.74) is 0.385. The number of H-pyrrole nitrogens is 1. The molecule has 3 rings (SSSR count). The Balaban J connectivity index is 1.70. The van der Waals surface area contributed by atoms with E-state index in [1.54, 1.807) is 0 Å². The van der Waals surface area contributed by atoms with E-state index in [1.807, 2.05) is 13.0 Å². The first-order valence-electron chi connectivity index (χ1n) is 7.88. The number of aryl methyl sites for hydroxylation is 1. The van der Waals surface area contributed by atoms with Crippen molar-refractivity contribution in [2.75, 3.05) is 5.32 Å². The van der Waals surface area contributed by atoms with Gasteiger partial charge in [-0.05, 0) is 38.5 Å². The molecular formula is C15H23N5O. The Bertz CT molecular complexity index is 666. The molecule has 6 heteroatoms. The van der Waals surface area contributed by atoms with Crippen molar-refractivity contribution in [3.05, 3.63) is 22.4 Å². The number of hydrogen-bond donors (Lipinski definition) is 2. The van der Waals surface area contributed by atoms with E-state index in [4.69, 9.17) is 0 Å². The van der Waals surface area contributed by atoms with E-state index in [1.165, 1.54) is 42.9 Å². The van der Waals surface area contributed by atoms with Gasteiger partial charge in [0.2, 0.25) is 0 Å². The van der Waals surface area contributed by atoms with Crippen LogP contribution in [0.4, 0.5) is 5.82 Å². The molecule has 114 valence electrons. The van der Waals surface area contributed by atoms with Gasteiger partial charge >= 0.3 is 5.69 Å².